The highest BCUT2D eigenvalue weighted by molar-refractivity contribution is 6.30. The van der Waals surface area contributed by atoms with E-state index in [-0.39, 0.29) is 11.1 Å². The molecule has 2 aromatic rings. The fraction of sp³-hybridized carbons (Fsp3) is 0.200. The summed E-state index contributed by atoms with van der Waals surface area (Å²) in [4.78, 5) is 0. The predicted molar refractivity (Wildman–Crippen MR) is 78.2 cm³/mol. The second-order valence-corrected chi connectivity index (χ2v) is 4.86. The molecule has 3 nitrogen and oxygen atoms in total. The lowest BCUT2D eigenvalue weighted by Crippen LogP contribution is -2.29. The molecule has 5 heteroatoms. The Labute approximate surface area is 122 Å². The van der Waals surface area contributed by atoms with Gasteiger partial charge in [-0.15, -0.1) is 0 Å². The third-order valence-electron chi connectivity index (χ3n) is 3.12. The van der Waals surface area contributed by atoms with Crippen molar-refractivity contribution in [3.05, 3.63) is 64.4 Å². The average Bonchev–Trinajstić information content (AvgIpc) is 2.48. The molecule has 0 radical (unpaired) electrons. The molecule has 2 rings (SSSR count). The van der Waals surface area contributed by atoms with Crippen LogP contribution in [0.3, 0.4) is 0 Å². The quantitative estimate of drug-likeness (QED) is 0.657. The van der Waals surface area contributed by atoms with Crippen LogP contribution in [0.5, 0.6) is 5.75 Å². The molecule has 3 N–H and O–H groups in total. The molecule has 0 bridgehead atoms. The lowest BCUT2D eigenvalue weighted by atomic mass is 9.99. The fourth-order valence-corrected chi connectivity index (χ4v) is 2.15. The standard InChI is InChI=1S/C15H16ClFN2O/c1-20-12-4-2-3-10(7-12)8-15(19-18)11-5-6-13(16)14(17)9-11/h2-7,9,15,19H,8,18H2,1H3. The smallest absolute Gasteiger partial charge is 0.142 e. The minimum atomic E-state index is -0.449. The molecular weight excluding hydrogens is 279 g/mol. The molecule has 0 amide bonds. The Hall–Kier alpha value is -1.62. The van der Waals surface area contributed by atoms with Crippen molar-refractivity contribution in [2.45, 2.75) is 12.5 Å². The number of hydrogen-bond donors (Lipinski definition) is 2. The fourth-order valence-electron chi connectivity index (χ4n) is 2.04. The van der Waals surface area contributed by atoms with Crippen LogP contribution >= 0.6 is 11.6 Å². The van der Waals surface area contributed by atoms with Crippen LogP contribution in [0.1, 0.15) is 17.2 Å². The van der Waals surface area contributed by atoms with Gasteiger partial charge >= 0.3 is 0 Å². The normalized spacial score (nSPS) is 12.2. The highest BCUT2D eigenvalue weighted by atomic mass is 35.5. The van der Waals surface area contributed by atoms with Gasteiger partial charge in [0.2, 0.25) is 0 Å². The molecule has 0 spiro atoms. The summed E-state index contributed by atoms with van der Waals surface area (Å²) in [5.74, 6) is 5.90. The molecule has 0 saturated heterocycles. The zero-order valence-electron chi connectivity index (χ0n) is 11.1. The van der Waals surface area contributed by atoms with Crippen LogP contribution in [0.25, 0.3) is 0 Å². The van der Waals surface area contributed by atoms with E-state index in [0.717, 1.165) is 16.9 Å². The molecule has 106 valence electrons. The Balaban J connectivity index is 2.21. The van der Waals surface area contributed by atoms with Crippen LogP contribution in [0, 0.1) is 5.82 Å². The van der Waals surface area contributed by atoms with Crippen molar-refractivity contribution in [2.24, 2.45) is 5.84 Å². The SMILES string of the molecule is COc1cccc(CC(NN)c2ccc(Cl)c(F)c2)c1. The molecule has 0 aliphatic heterocycles. The van der Waals surface area contributed by atoms with Crippen molar-refractivity contribution in [3.8, 4) is 5.75 Å². The van der Waals surface area contributed by atoms with E-state index < -0.39 is 5.82 Å². The first-order valence-electron chi connectivity index (χ1n) is 6.18. The van der Waals surface area contributed by atoms with E-state index >= 15 is 0 Å². The van der Waals surface area contributed by atoms with Crippen molar-refractivity contribution >= 4 is 11.6 Å². The van der Waals surface area contributed by atoms with Gasteiger partial charge in [-0.05, 0) is 41.8 Å². The van der Waals surface area contributed by atoms with Crippen LogP contribution in [0.2, 0.25) is 5.02 Å². The first-order valence-corrected chi connectivity index (χ1v) is 6.56. The van der Waals surface area contributed by atoms with E-state index in [2.05, 4.69) is 5.43 Å². The zero-order valence-corrected chi connectivity index (χ0v) is 11.8. The lowest BCUT2D eigenvalue weighted by Gasteiger charge is -2.17. The van der Waals surface area contributed by atoms with Gasteiger partial charge in [0, 0.05) is 0 Å². The van der Waals surface area contributed by atoms with Crippen molar-refractivity contribution in [2.75, 3.05) is 7.11 Å². The van der Waals surface area contributed by atoms with Gasteiger partial charge in [-0.25, -0.2) is 4.39 Å². The number of hydrazine groups is 1. The maximum atomic E-state index is 13.5. The van der Waals surface area contributed by atoms with Gasteiger partial charge < -0.3 is 4.74 Å². The minimum absolute atomic E-state index is 0.103. The highest BCUT2D eigenvalue weighted by Gasteiger charge is 2.13. The maximum absolute atomic E-state index is 13.5. The molecule has 0 heterocycles. The first kappa shape index (κ1) is 14.8. The van der Waals surface area contributed by atoms with E-state index in [1.807, 2.05) is 24.3 Å². The van der Waals surface area contributed by atoms with Gasteiger partial charge in [0.15, 0.2) is 0 Å². The van der Waals surface area contributed by atoms with Gasteiger partial charge in [-0.1, -0.05) is 29.8 Å². The molecule has 0 saturated carbocycles. The van der Waals surface area contributed by atoms with Crippen molar-refractivity contribution < 1.29 is 9.13 Å². The van der Waals surface area contributed by atoms with Gasteiger partial charge in [-0.2, -0.15) is 0 Å². The van der Waals surface area contributed by atoms with Gasteiger partial charge in [0.1, 0.15) is 11.6 Å². The predicted octanol–water partition coefficient (Wildman–Crippen LogP) is 3.23. The zero-order chi connectivity index (χ0) is 14.5. The molecule has 20 heavy (non-hydrogen) atoms. The summed E-state index contributed by atoms with van der Waals surface area (Å²) in [5, 5.41) is 0.103. The van der Waals surface area contributed by atoms with Crippen molar-refractivity contribution in [1.29, 1.82) is 0 Å². The summed E-state index contributed by atoms with van der Waals surface area (Å²) in [5.41, 5.74) is 4.49. The summed E-state index contributed by atoms with van der Waals surface area (Å²) >= 11 is 5.69. The molecule has 1 atom stereocenters. The summed E-state index contributed by atoms with van der Waals surface area (Å²) in [6.45, 7) is 0. The minimum Gasteiger partial charge on any atom is -0.497 e. The summed E-state index contributed by atoms with van der Waals surface area (Å²) in [6, 6.07) is 12.2. The van der Waals surface area contributed by atoms with E-state index in [1.54, 1.807) is 13.2 Å². The monoisotopic (exact) mass is 294 g/mol. The molecule has 0 fully saturated rings. The largest absolute Gasteiger partial charge is 0.497 e. The second-order valence-electron chi connectivity index (χ2n) is 4.45. The van der Waals surface area contributed by atoms with Gasteiger partial charge in [-0.3, -0.25) is 11.3 Å². The van der Waals surface area contributed by atoms with Crippen LogP contribution in [0.4, 0.5) is 4.39 Å². The number of hydrogen-bond acceptors (Lipinski definition) is 3. The van der Waals surface area contributed by atoms with Crippen LogP contribution < -0.4 is 16.0 Å². The number of rotatable bonds is 5. The molecule has 0 aliphatic carbocycles. The van der Waals surface area contributed by atoms with E-state index in [9.17, 15) is 4.39 Å². The molecule has 0 aromatic heterocycles. The Kier molecular flexibility index (Phi) is 4.95. The Bertz CT molecular complexity index is 592. The number of nitrogens with one attached hydrogen (secondary N) is 1. The molecular formula is C15H16ClFN2O. The van der Waals surface area contributed by atoms with Crippen molar-refractivity contribution in [1.82, 2.24) is 5.43 Å². The summed E-state index contributed by atoms with van der Waals surface area (Å²) in [7, 11) is 1.62. The molecule has 1 unspecified atom stereocenters. The number of methoxy groups -OCH3 is 1. The lowest BCUT2D eigenvalue weighted by molar-refractivity contribution is 0.414. The highest BCUT2D eigenvalue weighted by Crippen LogP contribution is 2.24. The third-order valence-corrected chi connectivity index (χ3v) is 3.43. The van der Waals surface area contributed by atoms with Crippen LogP contribution in [-0.2, 0) is 6.42 Å². The second kappa shape index (κ2) is 6.70. The Morgan fingerprint density at radius 3 is 2.75 bits per heavy atom. The van der Waals surface area contributed by atoms with E-state index in [1.165, 1.54) is 12.1 Å². The number of nitrogens with two attached hydrogens (primary N) is 1. The summed E-state index contributed by atoms with van der Waals surface area (Å²) in [6.07, 6.45) is 0.620. The molecule has 2 aromatic carbocycles. The Morgan fingerprint density at radius 2 is 2.10 bits per heavy atom. The van der Waals surface area contributed by atoms with Crippen LogP contribution in [-0.4, -0.2) is 7.11 Å². The third kappa shape index (κ3) is 3.48. The number of ether oxygens (including phenoxy) is 1. The van der Waals surface area contributed by atoms with E-state index in [4.69, 9.17) is 22.2 Å². The first-order chi connectivity index (χ1) is 9.63. The Morgan fingerprint density at radius 1 is 1.30 bits per heavy atom. The van der Waals surface area contributed by atoms with E-state index in [0.29, 0.717) is 6.42 Å². The number of benzene rings is 2. The van der Waals surface area contributed by atoms with Gasteiger partial charge in [0.25, 0.3) is 0 Å². The molecule has 0 aliphatic rings. The van der Waals surface area contributed by atoms with Gasteiger partial charge in [0.05, 0.1) is 18.2 Å². The number of halogens is 2. The topological polar surface area (TPSA) is 47.3 Å². The average molecular weight is 295 g/mol. The van der Waals surface area contributed by atoms with Crippen LogP contribution in [0.15, 0.2) is 42.5 Å². The maximum Gasteiger partial charge on any atom is 0.142 e. The summed E-state index contributed by atoms with van der Waals surface area (Å²) < 4.78 is 18.7. The van der Waals surface area contributed by atoms with Crippen molar-refractivity contribution in [3.63, 3.8) is 0 Å².